The molecule has 1 heterocycles. The molecule has 0 aliphatic carbocycles. The first kappa shape index (κ1) is 9.86. The van der Waals surface area contributed by atoms with Gasteiger partial charge in [-0.1, -0.05) is 0 Å². The molecule has 3 nitrogen and oxygen atoms in total. The second-order valence-corrected chi connectivity index (χ2v) is 4.37. The number of hydrogen-bond donors (Lipinski definition) is 2. The van der Waals surface area contributed by atoms with E-state index < -0.39 is 0 Å². The number of rotatable bonds is 4. The second kappa shape index (κ2) is 5.43. The van der Waals surface area contributed by atoms with Gasteiger partial charge in [-0.2, -0.15) is 11.8 Å². The van der Waals surface area contributed by atoms with Crippen molar-refractivity contribution in [3.63, 3.8) is 0 Å². The van der Waals surface area contributed by atoms with Gasteiger partial charge < -0.3 is 10.5 Å². The van der Waals surface area contributed by atoms with Crippen molar-refractivity contribution in [2.24, 2.45) is 5.73 Å². The lowest BCUT2D eigenvalue weighted by Crippen LogP contribution is -2.19. The Morgan fingerprint density at radius 3 is 2.75 bits per heavy atom. The molecule has 0 bridgehead atoms. The van der Waals surface area contributed by atoms with E-state index in [0.717, 1.165) is 43.5 Å². The normalized spacial score (nSPS) is 19.3. The highest BCUT2D eigenvalue weighted by Gasteiger charge is 2.13. The van der Waals surface area contributed by atoms with Gasteiger partial charge in [-0.25, -0.2) is 0 Å². The van der Waals surface area contributed by atoms with Crippen molar-refractivity contribution in [3.8, 4) is 0 Å². The summed E-state index contributed by atoms with van der Waals surface area (Å²) in [6.45, 7) is 1.80. The molecule has 0 saturated carbocycles. The fourth-order valence-electron chi connectivity index (χ4n) is 1.18. The monoisotopic (exact) mass is 188 g/mol. The Morgan fingerprint density at radius 2 is 2.17 bits per heavy atom. The topological polar surface area (TPSA) is 59.1 Å². The predicted molar refractivity (Wildman–Crippen MR) is 52.8 cm³/mol. The van der Waals surface area contributed by atoms with Crippen LogP contribution in [0.4, 0.5) is 0 Å². The third-order valence-corrected chi connectivity index (χ3v) is 3.28. The Labute approximate surface area is 77.5 Å². The Balaban J connectivity index is 2.01. The van der Waals surface area contributed by atoms with Crippen molar-refractivity contribution in [1.29, 1.82) is 5.41 Å². The van der Waals surface area contributed by atoms with Crippen LogP contribution in [0.5, 0.6) is 0 Å². The fraction of sp³-hybridized carbons (Fsp3) is 0.875. The summed E-state index contributed by atoms with van der Waals surface area (Å²) in [4.78, 5) is 0. The highest BCUT2D eigenvalue weighted by atomic mass is 32.2. The molecule has 1 aliphatic rings. The zero-order valence-corrected chi connectivity index (χ0v) is 8.03. The highest BCUT2D eigenvalue weighted by molar-refractivity contribution is 7.99. The van der Waals surface area contributed by atoms with E-state index in [9.17, 15) is 0 Å². The Hall–Kier alpha value is -0.220. The van der Waals surface area contributed by atoms with E-state index in [0.29, 0.717) is 5.84 Å². The molecule has 0 unspecified atom stereocenters. The lowest BCUT2D eigenvalue weighted by molar-refractivity contribution is 0.100. The quantitative estimate of drug-likeness (QED) is 0.515. The second-order valence-electron chi connectivity index (χ2n) is 2.96. The summed E-state index contributed by atoms with van der Waals surface area (Å²) in [6.07, 6.45) is 3.03. The Morgan fingerprint density at radius 1 is 1.50 bits per heavy atom. The zero-order chi connectivity index (χ0) is 8.81. The van der Waals surface area contributed by atoms with Crippen LogP contribution in [0.3, 0.4) is 0 Å². The van der Waals surface area contributed by atoms with Crippen LogP contribution in [0.15, 0.2) is 0 Å². The van der Waals surface area contributed by atoms with E-state index >= 15 is 0 Å². The number of hydrogen-bond acceptors (Lipinski definition) is 3. The lowest BCUT2D eigenvalue weighted by Gasteiger charge is -2.21. The van der Waals surface area contributed by atoms with E-state index in [4.69, 9.17) is 15.9 Å². The van der Waals surface area contributed by atoms with Crippen LogP contribution in [0, 0.1) is 5.41 Å². The molecule has 1 fully saturated rings. The zero-order valence-electron chi connectivity index (χ0n) is 7.21. The van der Waals surface area contributed by atoms with Gasteiger partial charge in [-0.3, -0.25) is 5.41 Å². The molecule has 1 saturated heterocycles. The van der Waals surface area contributed by atoms with Gasteiger partial charge in [0.05, 0.1) is 5.84 Å². The minimum absolute atomic E-state index is 0.301. The molecule has 0 radical (unpaired) electrons. The summed E-state index contributed by atoms with van der Waals surface area (Å²) >= 11 is 1.92. The summed E-state index contributed by atoms with van der Waals surface area (Å²) in [5.41, 5.74) is 5.25. The van der Waals surface area contributed by atoms with Gasteiger partial charge in [0.15, 0.2) is 0 Å². The molecule has 0 aromatic heterocycles. The Bertz CT molecular complexity index is 146. The van der Waals surface area contributed by atoms with Crippen molar-refractivity contribution in [1.82, 2.24) is 0 Å². The van der Waals surface area contributed by atoms with E-state index in [-0.39, 0.29) is 0 Å². The van der Waals surface area contributed by atoms with Gasteiger partial charge in [0.25, 0.3) is 0 Å². The molecule has 1 rings (SSSR count). The van der Waals surface area contributed by atoms with Crippen LogP contribution in [0.1, 0.15) is 19.3 Å². The van der Waals surface area contributed by atoms with E-state index in [1.165, 1.54) is 0 Å². The summed E-state index contributed by atoms with van der Waals surface area (Å²) in [5.74, 6) is 1.29. The first-order chi connectivity index (χ1) is 5.79. The summed E-state index contributed by atoms with van der Waals surface area (Å²) in [7, 11) is 0. The number of ether oxygens (including phenoxy) is 1. The molecule has 4 heteroatoms. The fourth-order valence-corrected chi connectivity index (χ4v) is 2.38. The number of nitrogens with one attached hydrogen (secondary N) is 1. The molecule has 0 amide bonds. The maximum Gasteiger partial charge on any atom is 0.0913 e. The molecular weight excluding hydrogens is 172 g/mol. The molecule has 3 N–H and O–H groups in total. The molecule has 70 valence electrons. The van der Waals surface area contributed by atoms with Crippen LogP contribution < -0.4 is 5.73 Å². The van der Waals surface area contributed by atoms with Gasteiger partial charge in [0, 0.05) is 30.6 Å². The molecule has 12 heavy (non-hydrogen) atoms. The molecular formula is C8H16N2OS. The van der Waals surface area contributed by atoms with Gasteiger partial charge in [-0.15, -0.1) is 0 Å². The summed E-state index contributed by atoms with van der Waals surface area (Å²) in [6, 6.07) is 0. The molecule has 0 spiro atoms. The average molecular weight is 188 g/mol. The summed E-state index contributed by atoms with van der Waals surface area (Å²) < 4.78 is 5.25. The molecule has 0 aromatic rings. The van der Waals surface area contributed by atoms with Crippen molar-refractivity contribution < 1.29 is 4.74 Å². The van der Waals surface area contributed by atoms with Crippen molar-refractivity contribution in [2.75, 3.05) is 19.0 Å². The van der Waals surface area contributed by atoms with Crippen LogP contribution in [-0.4, -0.2) is 30.1 Å². The standard InChI is InChI=1S/C8H16N2OS/c9-8(10)3-6-12-7-1-4-11-5-2-7/h7H,1-6H2,(H3,9,10). The molecule has 0 aromatic carbocycles. The van der Waals surface area contributed by atoms with Crippen LogP contribution in [0.25, 0.3) is 0 Å². The number of amidine groups is 1. The highest BCUT2D eigenvalue weighted by Crippen LogP contribution is 2.22. The smallest absolute Gasteiger partial charge is 0.0913 e. The minimum atomic E-state index is 0.301. The van der Waals surface area contributed by atoms with Crippen molar-refractivity contribution >= 4 is 17.6 Å². The van der Waals surface area contributed by atoms with Crippen molar-refractivity contribution in [2.45, 2.75) is 24.5 Å². The minimum Gasteiger partial charge on any atom is -0.388 e. The number of thioether (sulfide) groups is 1. The molecule has 0 atom stereocenters. The molecule has 1 aliphatic heterocycles. The summed E-state index contributed by atoms with van der Waals surface area (Å²) in [5, 5.41) is 7.79. The van der Waals surface area contributed by atoms with Crippen LogP contribution >= 0.6 is 11.8 Å². The average Bonchev–Trinajstić information content (AvgIpc) is 2.05. The third-order valence-electron chi connectivity index (χ3n) is 1.89. The van der Waals surface area contributed by atoms with Crippen molar-refractivity contribution in [3.05, 3.63) is 0 Å². The van der Waals surface area contributed by atoms with Crippen LogP contribution in [0.2, 0.25) is 0 Å². The van der Waals surface area contributed by atoms with Gasteiger partial charge in [-0.05, 0) is 12.8 Å². The van der Waals surface area contributed by atoms with Gasteiger partial charge >= 0.3 is 0 Å². The lowest BCUT2D eigenvalue weighted by atomic mass is 10.2. The van der Waals surface area contributed by atoms with Gasteiger partial charge in [0.1, 0.15) is 0 Å². The van der Waals surface area contributed by atoms with E-state index in [2.05, 4.69) is 0 Å². The maximum atomic E-state index is 7.05. The predicted octanol–water partition coefficient (Wildman–Crippen LogP) is 1.22. The third kappa shape index (κ3) is 3.97. The van der Waals surface area contributed by atoms with Crippen LogP contribution in [-0.2, 0) is 4.74 Å². The first-order valence-corrected chi connectivity index (χ1v) is 5.36. The number of nitrogens with two attached hydrogens (primary N) is 1. The van der Waals surface area contributed by atoms with Gasteiger partial charge in [0.2, 0.25) is 0 Å². The first-order valence-electron chi connectivity index (χ1n) is 4.31. The van der Waals surface area contributed by atoms with E-state index in [1.807, 2.05) is 11.8 Å². The SMILES string of the molecule is N=C(N)CCSC1CCOCC1. The maximum absolute atomic E-state index is 7.05. The van der Waals surface area contributed by atoms with E-state index in [1.54, 1.807) is 0 Å². The largest absolute Gasteiger partial charge is 0.388 e. The Kier molecular flexibility index (Phi) is 4.46.